The first-order chi connectivity index (χ1) is 6.66. The molecule has 0 aromatic heterocycles. The number of nitrogen functional groups attached to an aromatic ring is 1. The van der Waals surface area contributed by atoms with Gasteiger partial charge in [0.05, 0.1) is 11.4 Å². The molecule has 6 heteroatoms. The van der Waals surface area contributed by atoms with Crippen molar-refractivity contribution in [2.75, 3.05) is 17.8 Å². The Morgan fingerprint density at radius 1 is 1.50 bits per heavy atom. The molecule has 2 rings (SSSR count). The lowest BCUT2D eigenvalue weighted by atomic mass is 10.2. The van der Waals surface area contributed by atoms with Crippen LogP contribution in [0.1, 0.15) is 0 Å². The van der Waals surface area contributed by atoms with E-state index in [0.29, 0.717) is 0 Å². The minimum atomic E-state index is -0.418. The van der Waals surface area contributed by atoms with E-state index < -0.39 is 5.82 Å². The van der Waals surface area contributed by atoms with Crippen molar-refractivity contribution in [3.63, 3.8) is 0 Å². The second kappa shape index (κ2) is 3.15. The fraction of sp³-hybridized carbons (Fsp3) is 0.125. The van der Waals surface area contributed by atoms with Crippen molar-refractivity contribution >= 4 is 17.7 Å². The zero-order valence-electron chi connectivity index (χ0n) is 7.61. The average Bonchev–Trinajstić information content (AvgIpc) is 2.57. The van der Waals surface area contributed by atoms with Gasteiger partial charge in [-0.1, -0.05) is 0 Å². The van der Waals surface area contributed by atoms with Crippen LogP contribution in [0.4, 0.5) is 15.8 Å². The summed E-state index contributed by atoms with van der Waals surface area (Å²) in [7, 11) is 1.75. The normalized spacial score (nSPS) is 15.3. The SMILES string of the molecule is CN1N=CN(c2ccc(F)c(N)c2)N1. The summed E-state index contributed by atoms with van der Waals surface area (Å²) in [5, 5.41) is 7.10. The molecule has 1 aromatic rings. The lowest BCUT2D eigenvalue weighted by Crippen LogP contribution is -2.38. The Hall–Kier alpha value is -1.82. The molecule has 14 heavy (non-hydrogen) atoms. The molecule has 0 saturated carbocycles. The Morgan fingerprint density at radius 2 is 2.29 bits per heavy atom. The van der Waals surface area contributed by atoms with Crippen LogP contribution in [-0.4, -0.2) is 18.5 Å². The fourth-order valence-electron chi connectivity index (χ4n) is 1.14. The number of hydrogen-bond acceptors (Lipinski definition) is 5. The number of nitrogens with two attached hydrogens (primary N) is 1. The van der Waals surface area contributed by atoms with E-state index in [1.54, 1.807) is 24.5 Å². The van der Waals surface area contributed by atoms with Crippen molar-refractivity contribution in [1.29, 1.82) is 0 Å². The second-order valence-corrected chi connectivity index (χ2v) is 2.93. The summed E-state index contributed by atoms with van der Waals surface area (Å²) in [6.45, 7) is 0. The molecular weight excluding hydrogens is 185 g/mol. The van der Waals surface area contributed by atoms with Crippen LogP contribution in [0, 0.1) is 5.82 Å². The summed E-state index contributed by atoms with van der Waals surface area (Å²) in [4.78, 5) is 0. The number of halogens is 1. The Kier molecular flexibility index (Phi) is 1.97. The third-order valence-electron chi connectivity index (χ3n) is 1.85. The van der Waals surface area contributed by atoms with E-state index in [1.165, 1.54) is 17.3 Å². The van der Waals surface area contributed by atoms with Crippen LogP contribution in [0.25, 0.3) is 0 Å². The van der Waals surface area contributed by atoms with E-state index in [0.717, 1.165) is 5.69 Å². The lowest BCUT2D eigenvalue weighted by Gasteiger charge is -2.17. The summed E-state index contributed by atoms with van der Waals surface area (Å²) in [5.74, 6) is -0.418. The van der Waals surface area contributed by atoms with E-state index in [2.05, 4.69) is 10.6 Å². The van der Waals surface area contributed by atoms with Crippen LogP contribution >= 0.6 is 0 Å². The molecule has 0 unspecified atom stereocenters. The monoisotopic (exact) mass is 195 g/mol. The molecule has 1 heterocycles. The minimum Gasteiger partial charge on any atom is -0.396 e. The van der Waals surface area contributed by atoms with Crippen LogP contribution < -0.4 is 16.3 Å². The van der Waals surface area contributed by atoms with E-state index in [-0.39, 0.29) is 5.69 Å². The molecule has 3 N–H and O–H groups in total. The third-order valence-corrected chi connectivity index (χ3v) is 1.85. The van der Waals surface area contributed by atoms with Crippen molar-refractivity contribution < 1.29 is 4.39 Å². The highest BCUT2D eigenvalue weighted by molar-refractivity contribution is 5.79. The molecule has 0 aliphatic carbocycles. The largest absolute Gasteiger partial charge is 0.396 e. The molecule has 1 aliphatic rings. The van der Waals surface area contributed by atoms with Crippen molar-refractivity contribution in [2.45, 2.75) is 0 Å². The molecule has 0 spiro atoms. The van der Waals surface area contributed by atoms with E-state index >= 15 is 0 Å². The second-order valence-electron chi connectivity index (χ2n) is 2.93. The van der Waals surface area contributed by atoms with Gasteiger partial charge in [-0.2, -0.15) is 0 Å². The van der Waals surface area contributed by atoms with Gasteiger partial charge in [0.25, 0.3) is 0 Å². The van der Waals surface area contributed by atoms with Crippen LogP contribution in [0.3, 0.4) is 0 Å². The van der Waals surface area contributed by atoms with Crippen molar-refractivity contribution in [1.82, 2.24) is 10.7 Å². The molecule has 0 amide bonds. The molecule has 0 saturated heterocycles. The Morgan fingerprint density at radius 3 is 2.86 bits per heavy atom. The fourth-order valence-corrected chi connectivity index (χ4v) is 1.14. The molecular formula is C8H10FN5. The molecule has 0 bridgehead atoms. The summed E-state index contributed by atoms with van der Waals surface area (Å²) >= 11 is 0. The zero-order chi connectivity index (χ0) is 10.1. The molecule has 1 aliphatic heterocycles. The Bertz CT molecular complexity index is 378. The van der Waals surface area contributed by atoms with Gasteiger partial charge < -0.3 is 5.73 Å². The first-order valence-corrected chi connectivity index (χ1v) is 4.05. The maximum absolute atomic E-state index is 12.9. The number of hydrazine groups is 2. The number of benzene rings is 1. The number of hydrazone groups is 1. The molecule has 0 radical (unpaired) electrons. The number of rotatable bonds is 1. The Labute approximate surface area is 80.5 Å². The van der Waals surface area contributed by atoms with Crippen molar-refractivity contribution in [2.24, 2.45) is 5.10 Å². The molecule has 0 atom stereocenters. The number of nitrogens with one attached hydrogen (secondary N) is 1. The predicted molar refractivity (Wildman–Crippen MR) is 52.7 cm³/mol. The predicted octanol–water partition coefficient (Wildman–Crippen LogP) is 0.523. The molecule has 0 fully saturated rings. The van der Waals surface area contributed by atoms with Crippen molar-refractivity contribution in [3.05, 3.63) is 24.0 Å². The van der Waals surface area contributed by atoms with E-state index in [9.17, 15) is 4.39 Å². The summed E-state index contributed by atoms with van der Waals surface area (Å²) in [6, 6.07) is 4.47. The van der Waals surface area contributed by atoms with Crippen LogP contribution in [0.15, 0.2) is 23.3 Å². The van der Waals surface area contributed by atoms with Gasteiger partial charge in [-0.05, 0) is 18.2 Å². The lowest BCUT2D eigenvalue weighted by molar-refractivity contribution is 0.280. The highest BCUT2D eigenvalue weighted by atomic mass is 19.1. The van der Waals surface area contributed by atoms with E-state index in [1.807, 2.05) is 0 Å². The third kappa shape index (κ3) is 1.47. The van der Waals surface area contributed by atoms with Crippen molar-refractivity contribution in [3.8, 4) is 0 Å². The molecule has 1 aromatic carbocycles. The quantitative estimate of drug-likeness (QED) is 0.641. The highest BCUT2D eigenvalue weighted by Crippen LogP contribution is 2.19. The van der Waals surface area contributed by atoms with Gasteiger partial charge in [0, 0.05) is 7.05 Å². The van der Waals surface area contributed by atoms with Gasteiger partial charge in [0.2, 0.25) is 0 Å². The maximum atomic E-state index is 12.9. The van der Waals surface area contributed by atoms with Gasteiger partial charge in [0.15, 0.2) is 0 Å². The Balaban J connectivity index is 2.25. The highest BCUT2D eigenvalue weighted by Gasteiger charge is 2.12. The first kappa shape index (κ1) is 8.76. The van der Waals surface area contributed by atoms with Gasteiger partial charge >= 0.3 is 0 Å². The number of nitrogens with zero attached hydrogens (tertiary/aromatic N) is 3. The van der Waals surface area contributed by atoms with E-state index in [4.69, 9.17) is 5.73 Å². The van der Waals surface area contributed by atoms with Crippen LogP contribution in [0.2, 0.25) is 0 Å². The van der Waals surface area contributed by atoms with Gasteiger partial charge in [-0.3, -0.25) is 0 Å². The molecule has 5 nitrogen and oxygen atoms in total. The standard InChI is InChI=1S/C8H10FN5/c1-13-11-5-14(12-13)6-2-3-7(9)8(10)4-6/h2-5,12H,10H2,1H3. The number of hydrogen-bond donors (Lipinski definition) is 2. The van der Waals surface area contributed by atoms with Gasteiger partial charge in [-0.25, -0.2) is 14.5 Å². The summed E-state index contributed by atoms with van der Waals surface area (Å²) in [6.07, 6.45) is 1.58. The molecule has 74 valence electrons. The van der Waals surface area contributed by atoms with Crippen LogP contribution in [-0.2, 0) is 0 Å². The van der Waals surface area contributed by atoms with Gasteiger partial charge in [-0.15, -0.1) is 10.6 Å². The first-order valence-electron chi connectivity index (χ1n) is 4.05. The summed E-state index contributed by atoms with van der Waals surface area (Å²) < 4.78 is 12.9. The maximum Gasteiger partial charge on any atom is 0.146 e. The smallest absolute Gasteiger partial charge is 0.146 e. The average molecular weight is 195 g/mol. The van der Waals surface area contributed by atoms with Crippen LogP contribution in [0.5, 0.6) is 0 Å². The topological polar surface area (TPSA) is 56.9 Å². The zero-order valence-corrected chi connectivity index (χ0v) is 7.61. The summed E-state index contributed by atoms with van der Waals surface area (Å²) in [5.41, 5.74) is 9.17. The number of anilines is 2. The van der Waals surface area contributed by atoms with Gasteiger partial charge in [0.1, 0.15) is 12.2 Å². The minimum absolute atomic E-state index is 0.118.